The second-order valence-electron chi connectivity index (χ2n) is 6.54. The van der Waals surface area contributed by atoms with Gasteiger partial charge in [0.1, 0.15) is 16.9 Å². The lowest BCUT2D eigenvalue weighted by molar-refractivity contribution is 0.0998. The van der Waals surface area contributed by atoms with Crippen molar-refractivity contribution in [3.05, 3.63) is 47.1 Å². The Kier molecular flexibility index (Phi) is 7.75. The fraction of sp³-hybridized carbons (Fsp3) is 0.444. The Bertz CT molecular complexity index is 841. The summed E-state index contributed by atoms with van der Waals surface area (Å²) in [7, 11) is -3.66. The van der Waals surface area contributed by atoms with Crippen LogP contribution < -0.4 is 15.2 Å². The zero-order valence-electron chi connectivity index (χ0n) is 15.3. The van der Waals surface area contributed by atoms with Gasteiger partial charge in [-0.3, -0.25) is 0 Å². The minimum Gasteiger partial charge on any atom is -0.488 e. The third kappa shape index (κ3) is 6.86. The fourth-order valence-corrected chi connectivity index (χ4v) is 4.37. The van der Waals surface area contributed by atoms with Crippen LogP contribution in [0.25, 0.3) is 0 Å². The number of hydrogen-bond acceptors (Lipinski definition) is 6. The SMILES string of the molecule is CC(Cc1ccc(S(N)(=O)=O)s1)C(C)NCC(O)COc1ccccc1F. The number of nitrogens with one attached hydrogen (secondary N) is 1. The standard InChI is InChI=1S/C18H25FN2O4S2/c1-12(9-15-7-8-18(26-15)27(20,23)24)13(2)21-10-14(22)11-25-17-6-4-3-5-16(17)19/h3-8,12-14,21-22H,9-11H2,1-2H3,(H2,20,23,24). The topological polar surface area (TPSA) is 102 Å². The van der Waals surface area contributed by atoms with Crippen LogP contribution in [0.3, 0.4) is 0 Å². The van der Waals surface area contributed by atoms with Crippen LogP contribution in [0, 0.1) is 11.7 Å². The van der Waals surface area contributed by atoms with Crippen LogP contribution in [0.5, 0.6) is 5.75 Å². The first-order chi connectivity index (χ1) is 12.7. The summed E-state index contributed by atoms with van der Waals surface area (Å²) in [5, 5.41) is 18.4. The van der Waals surface area contributed by atoms with E-state index in [-0.39, 0.29) is 28.5 Å². The first kappa shape index (κ1) is 21.8. The Morgan fingerprint density at radius 2 is 1.96 bits per heavy atom. The number of ether oxygens (including phenoxy) is 1. The van der Waals surface area contributed by atoms with Crippen molar-refractivity contribution in [2.75, 3.05) is 13.2 Å². The first-order valence-corrected chi connectivity index (χ1v) is 10.9. The smallest absolute Gasteiger partial charge is 0.247 e. The summed E-state index contributed by atoms with van der Waals surface area (Å²) in [6.07, 6.45) is -0.0918. The zero-order chi connectivity index (χ0) is 20.0. The van der Waals surface area contributed by atoms with E-state index in [2.05, 4.69) is 5.32 Å². The van der Waals surface area contributed by atoms with Crippen molar-refractivity contribution >= 4 is 21.4 Å². The van der Waals surface area contributed by atoms with Gasteiger partial charge in [-0.05, 0) is 43.5 Å². The monoisotopic (exact) mass is 416 g/mol. The van der Waals surface area contributed by atoms with Crippen LogP contribution >= 0.6 is 11.3 Å². The third-order valence-electron chi connectivity index (χ3n) is 4.24. The van der Waals surface area contributed by atoms with Gasteiger partial charge < -0.3 is 15.2 Å². The van der Waals surface area contributed by atoms with E-state index in [1.54, 1.807) is 18.2 Å². The average Bonchev–Trinajstić information content (AvgIpc) is 3.07. The quantitative estimate of drug-likeness (QED) is 0.551. The zero-order valence-corrected chi connectivity index (χ0v) is 16.9. The van der Waals surface area contributed by atoms with Gasteiger partial charge in [-0.1, -0.05) is 19.1 Å². The molecule has 2 rings (SSSR count). The maximum absolute atomic E-state index is 13.5. The lowest BCUT2D eigenvalue weighted by Crippen LogP contribution is -2.40. The molecule has 0 aliphatic heterocycles. The van der Waals surface area contributed by atoms with Gasteiger partial charge in [0.2, 0.25) is 10.0 Å². The molecule has 3 atom stereocenters. The molecule has 1 aromatic heterocycles. The maximum atomic E-state index is 13.5. The molecular formula is C18H25FN2O4S2. The normalized spacial score (nSPS) is 15.3. The van der Waals surface area contributed by atoms with Crippen LogP contribution in [-0.4, -0.2) is 38.8 Å². The van der Waals surface area contributed by atoms with E-state index >= 15 is 0 Å². The number of aliphatic hydroxyl groups is 1. The van der Waals surface area contributed by atoms with Crippen molar-refractivity contribution in [3.63, 3.8) is 0 Å². The molecule has 0 bridgehead atoms. The van der Waals surface area contributed by atoms with E-state index in [1.807, 2.05) is 13.8 Å². The Morgan fingerprint density at radius 1 is 1.26 bits per heavy atom. The van der Waals surface area contributed by atoms with Crippen molar-refractivity contribution in [2.45, 2.75) is 36.6 Å². The molecule has 0 amide bonds. The lowest BCUT2D eigenvalue weighted by Gasteiger charge is -2.22. The molecule has 4 N–H and O–H groups in total. The Hall–Kier alpha value is -1.52. The molecule has 0 spiro atoms. The van der Waals surface area contributed by atoms with Crippen LogP contribution in [0.15, 0.2) is 40.6 Å². The third-order valence-corrected chi connectivity index (χ3v) is 6.78. The highest BCUT2D eigenvalue weighted by Crippen LogP contribution is 2.24. The Balaban J connectivity index is 1.76. The summed E-state index contributed by atoms with van der Waals surface area (Å²) in [5.74, 6) is -0.146. The van der Waals surface area contributed by atoms with Crippen molar-refractivity contribution in [2.24, 2.45) is 11.1 Å². The second-order valence-corrected chi connectivity index (χ2v) is 9.50. The van der Waals surface area contributed by atoms with E-state index in [9.17, 15) is 17.9 Å². The van der Waals surface area contributed by atoms with Crippen molar-refractivity contribution in [1.82, 2.24) is 5.32 Å². The van der Waals surface area contributed by atoms with Gasteiger partial charge in [-0.25, -0.2) is 17.9 Å². The number of rotatable bonds is 10. The summed E-state index contributed by atoms with van der Waals surface area (Å²) in [6.45, 7) is 4.31. The number of halogens is 1. The average molecular weight is 417 g/mol. The van der Waals surface area contributed by atoms with Gasteiger partial charge in [0.25, 0.3) is 0 Å². The molecule has 0 fully saturated rings. The highest BCUT2D eigenvalue weighted by atomic mass is 32.2. The van der Waals surface area contributed by atoms with Crippen molar-refractivity contribution < 1.29 is 22.7 Å². The van der Waals surface area contributed by atoms with Gasteiger partial charge >= 0.3 is 0 Å². The van der Waals surface area contributed by atoms with Crippen molar-refractivity contribution in [1.29, 1.82) is 0 Å². The van der Waals surface area contributed by atoms with E-state index in [1.165, 1.54) is 29.5 Å². The molecule has 0 aliphatic carbocycles. The van der Waals surface area contributed by atoms with Crippen LogP contribution in [0.1, 0.15) is 18.7 Å². The summed E-state index contributed by atoms with van der Waals surface area (Å²) in [5.41, 5.74) is 0. The van der Waals surface area contributed by atoms with E-state index in [0.717, 1.165) is 4.88 Å². The molecule has 3 unspecified atom stereocenters. The molecule has 0 aliphatic rings. The highest BCUT2D eigenvalue weighted by Gasteiger charge is 2.17. The number of benzene rings is 1. The number of thiophene rings is 1. The highest BCUT2D eigenvalue weighted by molar-refractivity contribution is 7.91. The van der Waals surface area contributed by atoms with Gasteiger partial charge in [0.05, 0.1) is 0 Å². The molecule has 0 saturated heterocycles. The molecule has 1 heterocycles. The first-order valence-electron chi connectivity index (χ1n) is 8.57. The summed E-state index contributed by atoms with van der Waals surface area (Å²) >= 11 is 1.17. The van der Waals surface area contributed by atoms with E-state index in [0.29, 0.717) is 13.0 Å². The second kappa shape index (κ2) is 9.61. The Labute approximate surface area is 163 Å². The molecular weight excluding hydrogens is 391 g/mol. The van der Waals surface area contributed by atoms with Crippen molar-refractivity contribution in [3.8, 4) is 5.75 Å². The molecule has 0 saturated carbocycles. The largest absolute Gasteiger partial charge is 0.488 e. The van der Waals surface area contributed by atoms with Gasteiger partial charge in [0.15, 0.2) is 11.6 Å². The number of nitrogens with two attached hydrogens (primary N) is 1. The maximum Gasteiger partial charge on any atom is 0.247 e. The summed E-state index contributed by atoms with van der Waals surface area (Å²) < 4.78 is 41.6. The lowest BCUT2D eigenvalue weighted by atomic mass is 9.99. The molecule has 1 aromatic carbocycles. The fourth-order valence-electron chi connectivity index (χ4n) is 2.44. The van der Waals surface area contributed by atoms with Gasteiger partial charge in [-0.2, -0.15) is 0 Å². The number of aliphatic hydroxyl groups excluding tert-OH is 1. The van der Waals surface area contributed by atoms with Crippen LogP contribution in [-0.2, 0) is 16.4 Å². The predicted octanol–water partition coefficient (Wildman–Crippen LogP) is 2.13. The van der Waals surface area contributed by atoms with E-state index in [4.69, 9.17) is 9.88 Å². The molecule has 2 aromatic rings. The number of para-hydroxylation sites is 1. The molecule has 27 heavy (non-hydrogen) atoms. The summed E-state index contributed by atoms with van der Waals surface area (Å²) in [6, 6.07) is 9.41. The molecule has 0 radical (unpaired) electrons. The van der Waals surface area contributed by atoms with Crippen LogP contribution in [0.4, 0.5) is 4.39 Å². The molecule has 6 nitrogen and oxygen atoms in total. The minimum atomic E-state index is -3.66. The predicted molar refractivity (Wildman–Crippen MR) is 104 cm³/mol. The molecule has 9 heteroatoms. The van der Waals surface area contributed by atoms with Gasteiger partial charge in [-0.15, -0.1) is 11.3 Å². The number of hydrogen-bond donors (Lipinski definition) is 3. The Morgan fingerprint density at radius 3 is 2.59 bits per heavy atom. The number of sulfonamides is 1. The van der Waals surface area contributed by atoms with Gasteiger partial charge in [0, 0.05) is 17.5 Å². The number of primary sulfonamides is 1. The summed E-state index contributed by atoms with van der Waals surface area (Å²) in [4.78, 5) is 0.934. The molecule has 150 valence electrons. The van der Waals surface area contributed by atoms with E-state index < -0.39 is 21.9 Å². The van der Waals surface area contributed by atoms with Crippen LogP contribution in [0.2, 0.25) is 0 Å². The minimum absolute atomic E-state index is 0.0162.